The first-order valence-electron chi connectivity index (χ1n) is 10.6. The van der Waals surface area contributed by atoms with Gasteiger partial charge in [0, 0.05) is 30.8 Å². The predicted molar refractivity (Wildman–Crippen MR) is 108 cm³/mol. The monoisotopic (exact) mass is 414 g/mol. The summed E-state index contributed by atoms with van der Waals surface area (Å²) in [4.78, 5) is 24.9. The number of aromatic nitrogens is 6. The molecule has 1 unspecified atom stereocenters. The summed E-state index contributed by atoms with van der Waals surface area (Å²) in [6.45, 7) is 6.66. The minimum atomic E-state index is -0.225. The first-order valence-corrected chi connectivity index (χ1v) is 10.6. The molecule has 2 aromatic rings. The Morgan fingerprint density at radius 2 is 1.47 bits per heavy atom. The SMILES string of the molecule is CC(C)(C)C(CNC(=O)Cn1cc(C2CC2)nn1)NC(=O)Cn1cc(C2CC2)nn1. The summed E-state index contributed by atoms with van der Waals surface area (Å²) < 4.78 is 3.14. The summed E-state index contributed by atoms with van der Waals surface area (Å²) in [5.41, 5.74) is 1.69. The maximum Gasteiger partial charge on any atom is 0.242 e. The van der Waals surface area contributed by atoms with E-state index in [2.05, 4.69) is 31.3 Å². The summed E-state index contributed by atoms with van der Waals surface area (Å²) in [7, 11) is 0. The maximum absolute atomic E-state index is 12.5. The number of carbonyl (C=O) groups is 2. The summed E-state index contributed by atoms with van der Waals surface area (Å²) in [5, 5.41) is 22.3. The Labute approximate surface area is 175 Å². The van der Waals surface area contributed by atoms with Gasteiger partial charge in [-0.3, -0.25) is 9.59 Å². The van der Waals surface area contributed by atoms with Crippen LogP contribution < -0.4 is 10.6 Å². The molecular weight excluding hydrogens is 384 g/mol. The molecule has 2 aliphatic rings. The molecule has 30 heavy (non-hydrogen) atoms. The van der Waals surface area contributed by atoms with Gasteiger partial charge in [-0.05, 0) is 31.1 Å². The standard InChI is InChI=1S/C20H30N8O2/c1-20(2,3)17(22-19(30)12-28-10-16(24-26-28)14-6-7-14)8-21-18(29)11-27-9-15(23-25-27)13-4-5-13/h9-10,13-14,17H,4-8,11-12H2,1-3H3,(H,21,29)(H,22,30). The molecule has 2 aliphatic carbocycles. The van der Waals surface area contributed by atoms with E-state index in [0.717, 1.165) is 37.1 Å². The fraction of sp³-hybridized carbons (Fsp3) is 0.700. The van der Waals surface area contributed by atoms with Gasteiger partial charge in [0.25, 0.3) is 0 Å². The van der Waals surface area contributed by atoms with Crippen molar-refractivity contribution in [1.82, 2.24) is 40.6 Å². The molecule has 10 heteroatoms. The zero-order chi connectivity index (χ0) is 21.3. The molecule has 2 N–H and O–H groups in total. The fourth-order valence-electron chi connectivity index (χ4n) is 3.29. The molecule has 2 amide bonds. The van der Waals surface area contributed by atoms with Crippen molar-refractivity contribution >= 4 is 11.8 Å². The second-order valence-corrected chi connectivity index (χ2v) is 9.52. The zero-order valence-corrected chi connectivity index (χ0v) is 17.8. The van der Waals surface area contributed by atoms with Crippen LogP contribution in [-0.2, 0) is 22.7 Å². The van der Waals surface area contributed by atoms with Gasteiger partial charge >= 0.3 is 0 Å². The van der Waals surface area contributed by atoms with E-state index in [9.17, 15) is 9.59 Å². The molecule has 0 radical (unpaired) electrons. The van der Waals surface area contributed by atoms with E-state index in [1.54, 1.807) is 9.36 Å². The van der Waals surface area contributed by atoms with Crippen molar-refractivity contribution in [3.05, 3.63) is 23.8 Å². The highest BCUT2D eigenvalue weighted by Crippen LogP contribution is 2.39. The van der Waals surface area contributed by atoms with Gasteiger partial charge in [-0.15, -0.1) is 10.2 Å². The Morgan fingerprint density at radius 3 is 1.93 bits per heavy atom. The van der Waals surface area contributed by atoms with Crippen LogP contribution in [0.5, 0.6) is 0 Å². The highest BCUT2D eigenvalue weighted by Gasteiger charge is 2.29. The number of carbonyl (C=O) groups excluding carboxylic acids is 2. The average molecular weight is 415 g/mol. The van der Waals surface area contributed by atoms with E-state index in [1.165, 1.54) is 0 Å². The molecule has 4 rings (SSSR count). The molecule has 0 bridgehead atoms. The Morgan fingerprint density at radius 1 is 0.967 bits per heavy atom. The van der Waals surface area contributed by atoms with E-state index in [1.807, 2.05) is 33.2 Å². The largest absolute Gasteiger partial charge is 0.352 e. The van der Waals surface area contributed by atoms with Crippen molar-refractivity contribution in [2.75, 3.05) is 6.54 Å². The highest BCUT2D eigenvalue weighted by molar-refractivity contribution is 5.77. The summed E-state index contributed by atoms with van der Waals surface area (Å²) in [5.74, 6) is 0.704. The summed E-state index contributed by atoms with van der Waals surface area (Å²) in [6, 6.07) is -0.224. The van der Waals surface area contributed by atoms with Crippen LogP contribution in [0.25, 0.3) is 0 Å². The summed E-state index contributed by atoms with van der Waals surface area (Å²) in [6.07, 6.45) is 8.27. The molecule has 0 saturated heterocycles. The van der Waals surface area contributed by atoms with Crippen LogP contribution in [0.2, 0.25) is 0 Å². The molecule has 10 nitrogen and oxygen atoms in total. The van der Waals surface area contributed by atoms with Crippen LogP contribution in [0.15, 0.2) is 12.4 Å². The first kappa shape index (κ1) is 20.5. The minimum absolute atomic E-state index is 0.114. The molecule has 0 spiro atoms. The van der Waals surface area contributed by atoms with Gasteiger partial charge < -0.3 is 10.6 Å². The van der Waals surface area contributed by atoms with Gasteiger partial charge in [0.15, 0.2) is 0 Å². The van der Waals surface area contributed by atoms with Crippen molar-refractivity contribution in [3.63, 3.8) is 0 Å². The Kier molecular flexibility index (Phi) is 5.57. The predicted octanol–water partition coefficient (Wildman–Crippen LogP) is 0.972. The zero-order valence-electron chi connectivity index (χ0n) is 17.8. The lowest BCUT2D eigenvalue weighted by Crippen LogP contribution is -2.51. The van der Waals surface area contributed by atoms with Gasteiger partial charge in [0.2, 0.25) is 11.8 Å². The number of nitrogens with one attached hydrogen (secondary N) is 2. The van der Waals surface area contributed by atoms with Crippen molar-refractivity contribution in [2.45, 2.75) is 77.4 Å². The van der Waals surface area contributed by atoms with Crippen molar-refractivity contribution < 1.29 is 9.59 Å². The number of amides is 2. The Bertz CT molecular complexity index is 904. The van der Waals surface area contributed by atoms with Crippen LogP contribution in [0.3, 0.4) is 0 Å². The van der Waals surface area contributed by atoms with E-state index < -0.39 is 0 Å². The van der Waals surface area contributed by atoms with Crippen molar-refractivity contribution in [1.29, 1.82) is 0 Å². The second-order valence-electron chi connectivity index (χ2n) is 9.52. The van der Waals surface area contributed by atoms with Gasteiger partial charge in [0.1, 0.15) is 13.1 Å². The van der Waals surface area contributed by atoms with Gasteiger partial charge in [-0.2, -0.15) is 0 Å². The van der Waals surface area contributed by atoms with Crippen LogP contribution in [-0.4, -0.2) is 54.4 Å². The highest BCUT2D eigenvalue weighted by atomic mass is 16.2. The van der Waals surface area contributed by atoms with E-state index in [0.29, 0.717) is 18.4 Å². The lowest BCUT2D eigenvalue weighted by atomic mass is 9.86. The Balaban J connectivity index is 1.26. The normalized spacial score (nSPS) is 17.6. The molecule has 2 heterocycles. The number of hydrogen-bond acceptors (Lipinski definition) is 6. The molecule has 1 atom stereocenters. The smallest absolute Gasteiger partial charge is 0.242 e. The van der Waals surface area contributed by atoms with Crippen LogP contribution in [0.1, 0.15) is 69.7 Å². The lowest BCUT2D eigenvalue weighted by molar-refractivity contribution is -0.125. The van der Waals surface area contributed by atoms with E-state index >= 15 is 0 Å². The van der Waals surface area contributed by atoms with Crippen LogP contribution in [0, 0.1) is 5.41 Å². The average Bonchev–Trinajstić information content (AvgIpc) is 3.60. The quantitative estimate of drug-likeness (QED) is 0.631. The molecule has 2 fully saturated rings. The number of nitrogens with zero attached hydrogens (tertiary/aromatic N) is 6. The van der Waals surface area contributed by atoms with E-state index in [-0.39, 0.29) is 36.4 Å². The second kappa shape index (κ2) is 8.16. The molecule has 0 aromatic carbocycles. The number of rotatable bonds is 9. The molecule has 162 valence electrons. The molecule has 2 aromatic heterocycles. The molecule has 2 saturated carbocycles. The third kappa shape index (κ3) is 5.43. The summed E-state index contributed by atoms with van der Waals surface area (Å²) >= 11 is 0. The number of hydrogen-bond donors (Lipinski definition) is 2. The lowest BCUT2D eigenvalue weighted by Gasteiger charge is -2.31. The Hall–Kier alpha value is -2.78. The molecular formula is C20H30N8O2. The first-order chi connectivity index (χ1) is 14.3. The van der Waals surface area contributed by atoms with Crippen molar-refractivity contribution in [3.8, 4) is 0 Å². The van der Waals surface area contributed by atoms with Gasteiger partial charge in [-0.1, -0.05) is 31.2 Å². The van der Waals surface area contributed by atoms with Crippen LogP contribution >= 0.6 is 0 Å². The fourth-order valence-corrected chi connectivity index (χ4v) is 3.29. The third-order valence-corrected chi connectivity index (χ3v) is 5.60. The third-order valence-electron chi connectivity index (χ3n) is 5.60. The van der Waals surface area contributed by atoms with Gasteiger partial charge in [-0.25, -0.2) is 9.36 Å². The maximum atomic E-state index is 12.5. The minimum Gasteiger partial charge on any atom is -0.352 e. The van der Waals surface area contributed by atoms with E-state index in [4.69, 9.17) is 0 Å². The molecule has 0 aliphatic heterocycles. The topological polar surface area (TPSA) is 120 Å². The van der Waals surface area contributed by atoms with Crippen molar-refractivity contribution in [2.24, 2.45) is 5.41 Å². The van der Waals surface area contributed by atoms with Gasteiger partial charge in [0.05, 0.1) is 17.4 Å². The van der Waals surface area contributed by atoms with Crippen LogP contribution in [0.4, 0.5) is 0 Å².